The highest BCUT2D eigenvalue weighted by Crippen LogP contribution is 2.16. The van der Waals surface area contributed by atoms with E-state index in [9.17, 15) is 5.11 Å². The van der Waals surface area contributed by atoms with Crippen LogP contribution in [0.25, 0.3) is 0 Å². The van der Waals surface area contributed by atoms with E-state index in [1.807, 2.05) is 31.7 Å². The second kappa shape index (κ2) is 5.85. The van der Waals surface area contributed by atoms with Gasteiger partial charge in [0.1, 0.15) is 0 Å². The number of aromatic nitrogens is 2. The Labute approximate surface area is 97.8 Å². The molecule has 16 heavy (non-hydrogen) atoms. The molecule has 0 radical (unpaired) electrons. The number of allylic oxidation sites excluding steroid dienone is 1. The molecule has 1 rings (SSSR count). The van der Waals surface area contributed by atoms with Crippen LogP contribution >= 0.6 is 0 Å². The Morgan fingerprint density at radius 3 is 2.69 bits per heavy atom. The summed E-state index contributed by atoms with van der Waals surface area (Å²) in [5, 5.41) is 14.3. The van der Waals surface area contributed by atoms with Crippen LogP contribution in [0.15, 0.2) is 12.7 Å². The number of aliphatic hydroxyl groups is 1. The molecule has 1 unspecified atom stereocenters. The summed E-state index contributed by atoms with van der Waals surface area (Å²) in [6.07, 6.45) is 5.16. The Hall–Kier alpha value is -1.09. The van der Waals surface area contributed by atoms with Crippen molar-refractivity contribution in [3.63, 3.8) is 0 Å². The van der Waals surface area contributed by atoms with Gasteiger partial charge in [-0.15, -0.1) is 6.58 Å². The van der Waals surface area contributed by atoms with Crippen LogP contribution in [0, 0.1) is 13.8 Å². The molecule has 1 heterocycles. The second-order valence-corrected chi connectivity index (χ2v) is 4.35. The van der Waals surface area contributed by atoms with Gasteiger partial charge < -0.3 is 5.11 Å². The lowest BCUT2D eigenvalue weighted by Gasteiger charge is -2.10. The molecule has 3 nitrogen and oxygen atoms in total. The topological polar surface area (TPSA) is 38.1 Å². The predicted octanol–water partition coefficient (Wildman–Crippen LogP) is 2.30. The summed E-state index contributed by atoms with van der Waals surface area (Å²) in [6.45, 7) is 7.72. The minimum absolute atomic E-state index is 0.262. The molecule has 0 fully saturated rings. The average molecular weight is 222 g/mol. The summed E-state index contributed by atoms with van der Waals surface area (Å²) in [6, 6.07) is 0. The van der Waals surface area contributed by atoms with Crippen molar-refractivity contribution >= 4 is 0 Å². The molecule has 0 aliphatic heterocycles. The zero-order chi connectivity index (χ0) is 12.1. The normalized spacial score (nSPS) is 12.8. The summed E-state index contributed by atoms with van der Waals surface area (Å²) >= 11 is 0. The number of hydrogen-bond donors (Lipinski definition) is 1. The zero-order valence-corrected chi connectivity index (χ0v) is 10.5. The first kappa shape index (κ1) is 13.0. The standard InChI is InChI=1S/C13H22N2O/c1-5-6-7-8-12(16)9-13-10(2)14-15(4)11(13)3/h5,12,16H,1,6-9H2,2-4H3. The first-order valence-electron chi connectivity index (χ1n) is 5.84. The van der Waals surface area contributed by atoms with E-state index in [1.54, 1.807) is 0 Å². The molecular weight excluding hydrogens is 200 g/mol. The average Bonchev–Trinajstić information content (AvgIpc) is 2.46. The number of unbranched alkanes of at least 4 members (excludes halogenated alkanes) is 1. The van der Waals surface area contributed by atoms with Crippen molar-refractivity contribution in [1.82, 2.24) is 9.78 Å². The first-order chi connectivity index (χ1) is 7.56. The van der Waals surface area contributed by atoms with Gasteiger partial charge in [-0.3, -0.25) is 4.68 Å². The van der Waals surface area contributed by atoms with E-state index in [0.29, 0.717) is 6.42 Å². The van der Waals surface area contributed by atoms with Crippen molar-refractivity contribution in [2.24, 2.45) is 7.05 Å². The zero-order valence-electron chi connectivity index (χ0n) is 10.5. The Morgan fingerprint density at radius 1 is 1.50 bits per heavy atom. The predicted molar refractivity (Wildman–Crippen MR) is 66.4 cm³/mol. The van der Waals surface area contributed by atoms with Crippen LogP contribution in [0.5, 0.6) is 0 Å². The summed E-state index contributed by atoms with van der Waals surface area (Å²) < 4.78 is 1.88. The molecular formula is C13H22N2O. The van der Waals surface area contributed by atoms with Crippen molar-refractivity contribution in [2.45, 2.75) is 45.6 Å². The molecule has 0 saturated carbocycles. The molecule has 0 spiro atoms. The molecule has 3 heteroatoms. The molecule has 1 aromatic rings. The van der Waals surface area contributed by atoms with Crippen LogP contribution in [0.3, 0.4) is 0 Å². The maximum absolute atomic E-state index is 9.92. The van der Waals surface area contributed by atoms with E-state index in [2.05, 4.69) is 11.7 Å². The molecule has 90 valence electrons. The van der Waals surface area contributed by atoms with E-state index in [4.69, 9.17) is 0 Å². The monoisotopic (exact) mass is 222 g/mol. The molecule has 1 aromatic heterocycles. The van der Waals surface area contributed by atoms with Crippen LogP contribution < -0.4 is 0 Å². The number of rotatable bonds is 6. The summed E-state index contributed by atoms with van der Waals surface area (Å²) in [5.74, 6) is 0. The minimum atomic E-state index is -0.262. The van der Waals surface area contributed by atoms with Crippen molar-refractivity contribution in [1.29, 1.82) is 0 Å². The largest absolute Gasteiger partial charge is 0.393 e. The molecule has 0 aliphatic carbocycles. The first-order valence-corrected chi connectivity index (χ1v) is 5.84. The van der Waals surface area contributed by atoms with Crippen molar-refractivity contribution in [3.8, 4) is 0 Å². The van der Waals surface area contributed by atoms with E-state index < -0.39 is 0 Å². The van der Waals surface area contributed by atoms with Crippen LogP contribution in [-0.4, -0.2) is 21.0 Å². The Balaban J connectivity index is 2.55. The van der Waals surface area contributed by atoms with Gasteiger partial charge in [0.25, 0.3) is 0 Å². The van der Waals surface area contributed by atoms with Crippen LogP contribution in [-0.2, 0) is 13.5 Å². The van der Waals surface area contributed by atoms with Crippen molar-refractivity contribution in [3.05, 3.63) is 29.6 Å². The molecule has 1 atom stereocenters. The SMILES string of the molecule is C=CCCCC(O)Cc1c(C)nn(C)c1C. The Kier molecular flexibility index (Phi) is 4.74. The highest BCUT2D eigenvalue weighted by atomic mass is 16.3. The third-order valence-corrected chi connectivity index (χ3v) is 3.04. The fourth-order valence-electron chi connectivity index (χ4n) is 1.95. The van der Waals surface area contributed by atoms with Gasteiger partial charge in [-0.05, 0) is 38.7 Å². The maximum atomic E-state index is 9.92. The van der Waals surface area contributed by atoms with Crippen LogP contribution in [0.4, 0.5) is 0 Å². The van der Waals surface area contributed by atoms with Crippen molar-refractivity contribution in [2.75, 3.05) is 0 Å². The molecule has 0 amide bonds. The van der Waals surface area contributed by atoms with Crippen LogP contribution in [0.1, 0.15) is 36.2 Å². The van der Waals surface area contributed by atoms with Gasteiger partial charge in [-0.1, -0.05) is 6.08 Å². The molecule has 0 bridgehead atoms. The van der Waals surface area contributed by atoms with Gasteiger partial charge in [0.2, 0.25) is 0 Å². The van der Waals surface area contributed by atoms with Gasteiger partial charge in [0.05, 0.1) is 11.8 Å². The highest BCUT2D eigenvalue weighted by Gasteiger charge is 2.13. The quantitative estimate of drug-likeness (QED) is 0.592. The highest BCUT2D eigenvalue weighted by molar-refractivity contribution is 5.24. The number of nitrogens with zero attached hydrogens (tertiary/aromatic N) is 2. The van der Waals surface area contributed by atoms with Gasteiger partial charge in [0.15, 0.2) is 0 Å². The van der Waals surface area contributed by atoms with E-state index >= 15 is 0 Å². The maximum Gasteiger partial charge on any atom is 0.0629 e. The fraction of sp³-hybridized carbons (Fsp3) is 0.615. The molecule has 1 N–H and O–H groups in total. The van der Waals surface area contributed by atoms with E-state index in [1.165, 1.54) is 5.56 Å². The lowest BCUT2D eigenvalue weighted by molar-refractivity contribution is 0.162. The lowest BCUT2D eigenvalue weighted by Crippen LogP contribution is -2.11. The van der Waals surface area contributed by atoms with Crippen LogP contribution in [0.2, 0.25) is 0 Å². The van der Waals surface area contributed by atoms with Gasteiger partial charge in [-0.2, -0.15) is 5.10 Å². The summed E-state index contributed by atoms with van der Waals surface area (Å²) in [5.41, 5.74) is 3.37. The van der Waals surface area contributed by atoms with Gasteiger partial charge in [0, 0.05) is 19.2 Å². The number of aryl methyl sites for hydroxylation is 2. The van der Waals surface area contributed by atoms with Gasteiger partial charge >= 0.3 is 0 Å². The fourth-order valence-corrected chi connectivity index (χ4v) is 1.95. The summed E-state index contributed by atoms with van der Waals surface area (Å²) in [4.78, 5) is 0. The van der Waals surface area contributed by atoms with Gasteiger partial charge in [-0.25, -0.2) is 0 Å². The smallest absolute Gasteiger partial charge is 0.0629 e. The molecule has 0 saturated heterocycles. The number of hydrogen-bond acceptors (Lipinski definition) is 2. The number of aliphatic hydroxyl groups excluding tert-OH is 1. The minimum Gasteiger partial charge on any atom is -0.393 e. The third-order valence-electron chi connectivity index (χ3n) is 3.04. The van der Waals surface area contributed by atoms with E-state index in [0.717, 1.165) is 30.7 Å². The molecule has 0 aliphatic rings. The second-order valence-electron chi connectivity index (χ2n) is 4.35. The third kappa shape index (κ3) is 3.20. The lowest BCUT2D eigenvalue weighted by atomic mass is 10.0. The molecule has 0 aromatic carbocycles. The Bertz CT molecular complexity index is 355. The Morgan fingerprint density at radius 2 is 2.19 bits per heavy atom. The summed E-state index contributed by atoms with van der Waals surface area (Å²) in [7, 11) is 1.94. The van der Waals surface area contributed by atoms with Crippen molar-refractivity contribution < 1.29 is 5.11 Å². The van der Waals surface area contributed by atoms with E-state index in [-0.39, 0.29) is 6.10 Å².